The number of hydrogen-bond donors (Lipinski definition) is 2. The van der Waals surface area contributed by atoms with Crippen LogP contribution in [0.25, 0.3) is 0 Å². The van der Waals surface area contributed by atoms with Crippen molar-refractivity contribution in [3.8, 4) is 0 Å². The molecule has 1 aliphatic rings. The number of halogens is 1. The Balaban J connectivity index is 2.43. The number of nitrogens with zero attached hydrogens (tertiary/aromatic N) is 1. The van der Waals surface area contributed by atoms with Gasteiger partial charge in [0.1, 0.15) is 0 Å². The van der Waals surface area contributed by atoms with E-state index in [4.69, 9.17) is 5.73 Å². The van der Waals surface area contributed by atoms with E-state index in [1.165, 1.54) is 0 Å². The Bertz CT molecular complexity index is 518. The molecule has 2 unspecified atom stereocenters. The van der Waals surface area contributed by atoms with Gasteiger partial charge in [-0.2, -0.15) is 0 Å². The van der Waals surface area contributed by atoms with Crippen LogP contribution in [0, 0.1) is 0 Å². The molecule has 2 atom stereocenters. The zero-order chi connectivity index (χ0) is 15.6. The van der Waals surface area contributed by atoms with Crippen LogP contribution in [0.2, 0.25) is 0 Å². The van der Waals surface area contributed by atoms with E-state index in [2.05, 4.69) is 45.2 Å². The van der Waals surface area contributed by atoms with E-state index in [0.29, 0.717) is 6.54 Å². The quantitative estimate of drug-likeness (QED) is 0.873. The predicted octanol–water partition coefficient (Wildman–Crippen LogP) is 2.44. The average molecular weight is 354 g/mol. The third kappa shape index (κ3) is 3.30. The zero-order valence-electron chi connectivity index (χ0n) is 12.9. The van der Waals surface area contributed by atoms with E-state index in [-0.39, 0.29) is 18.0 Å². The summed E-state index contributed by atoms with van der Waals surface area (Å²) in [5, 5.41) is 2.95. The Morgan fingerprint density at radius 3 is 2.81 bits per heavy atom. The fourth-order valence-electron chi connectivity index (χ4n) is 2.98. The molecule has 21 heavy (non-hydrogen) atoms. The van der Waals surface area contributed by atoms with Gasteiger partial charge in [-0.15, -0.1) is 0 Å². The van der Waals surface area contributed by atoms with Gasteiger partial charge in [-0.25, -0.2) is 0 Å². The molecule has 0 bridgehead atoms. The summed E-state index contributed by atoms with van der Waals surface area (Å²) in [6.45, 7) is 7.50. The Labute approximate surface area is 135 Å². The normalized spacial score (nSPS) is 21.7. The first-order valence-corrected chi connectivity index (χ1v) is 8.23. The number of hydrogen-bond acceptors (Lipinski definition) is 3. The molecular weight excluding hydrogens is 330 g/mol. The molecule has 0 aliphatic carbocycles. The fourth-order valence-corrected chi connectivity index (χ4v) is 3.39. The molecule has 0 aromatic heterocycles. The molecule has 2 rings (SSSR count). The minimum Gasteiger partial charge on any atom is -0.353 e. The maximum Gasteiger partial charge on any atom is 0.240 e. The smallest absolute Gasteiger partial charge is 0.240 e. The first-order valence-electron chi connectivity index (χ1n) is 7.44. The minimum absolute atomic E-state index is 0.00975. The van der Waals surface area contributed by atoms with E-state index >= 15 is 0 Å². The molecule has 1 aromatic carbocycles. The number of carbonyl (C=O) groups excluding carboxylic acids is 1. The monoisotopic (exact) mass is 353 g/mol. The van der Waals surface area contributed by atoms with E-state index in [0.717, 1.165) is 23.0 Å². The van der Waals surface area contributed by atoms with Crippen LogP contribution >= 0.6 is 15.9 Å². The highest BCUT2D eigenvalue weighted by atomic mass is 79.9. The Kier molecular flexibility index (Phi) is 5.07. The van der Waals surface area contributed by atoms with Gasteiger partial charge < -0.3 is 11.1 Å². The second kappa shape index (κ2) is 6.46. The lowest BCUT2D eigenvalue weighted by Gasteiger charge is -2.47. The first-order chi connectivity index (χ1) is 9.87. The van der Waals surface area contributed by atoms with Crippen LogP contribution in [-0.2, 0) is 4.79 Å². The standard InChI is InChI=1S/C16H24BrN3O/c1-4-13(18)14(11-6-5-7-12(17)10-11)20-9-8-19-15(21)16(20,2)3/h5-7,10,13-14H,4,8-9,18H2,1-3H3,(H,19,21). The van der Waals surface area contributed by atoms with E-state index in [9.17, 15) is 4.79 Å². The largest absolute Gasteiger partial charge is 0.353 e. The summed E-state index contributed by atoms with van der Waals surface area (Å²) >= 11 is 3.53. The molecule has 3 N–H and O–H groups in total. The lowest BCUT2D eigenvalue weighted by atomic mass is 9.89. The van der Waals surface area contributed by atoms with Crippen molar-refractivity contribution in [1.29, 1.82) is 0 Å². The Hall–Kier alpha value is -0.910. The third-order valence-electron chi connectivity index (χ3n) is 4.31. The number of amides is 1. The molecule has 1 fully saturated rings. The highest BCUT2D eigenvalue weighted by Gasteiger charge is 2.43. The predicted molar refractivity (Wildman–Crippen MR) is 88.9 cm³/mol. The lowest BCUT2D eigenvalue weighted by molar-refractivity contribution is -0.137. The van der Waals surface area contributed by atoms with Crippen molar-refractivity contribution >= 4 is 21.8 Å². The van der Waals surface area contributed by atoms with Crippen LogP contribution in [0.15, 0.2) is 28.7 Å². The number of carbonyl (C=O) groups is 1. The van der Waals surface area contributed by atoms with Crippen LogP contribution in [0.4, 0.5) is 0 Å². The van der Waals surface area contributed by atoms with Gasteiger partial charge in [-0.1, -0.05) is 35.0 Å². The Morgan fingerprint density at radius 1 is 1.48 bits per heavy atom. The molecule has 1 heterocycles. The third-order valence-corrected chi connectivity index (χ3v) is 4.81. The van der Waals surface area contributed by atoms with Crippen molar-refractivity contribution < 1.29 is 4.79 Å². The molecule has 116 valence electrons. The number of rotatable bonds is 4. The minimum atomic E-state index is -0.558. The van der Waals surface area contributed by atoms with Gasteiger partial charge in [0.2, 0.25) is 5.91 Å². The van der Waals surface area contributed by atoms with Crippen molar-refractivity contribution in [1.82, 2.24) is 10.2 Å². The summed E-state index contributed by atoms with van der Waals surface area (Å²) < 4.78 is 1.03. The molecule has 0 spiro atoms. The van der Waals surface area contributed by atoms with Gasteiger partial charge in [0.25, 0.3) is 0 Å². The molecule has 1 amide bonds. The number of piperazine rings is 1. The summed E-state index contributed by atoms with van der Waals surface area (Å²) in [6.07, 6.45) is 0.866. The second-order valence-corrected chi connectivity index (χ2v) is 7.00. The van der Waals surface area contributed by atoms with Crippen molar-refractivity contribution in [2.45, 2.75) is 44.8 Å². The summed E-state index contributed by atoms with van der Waals surface area (Å²) in [6, 6.07) is 8.24. The van der Waals surface area contributed by atoms with E-state index in [1.54, 1.807) is 0 Å². The van der Waals surface area contributed by atoms with Gasteiger partial charge in [0.05, 0.1) is 11.6 Å². The maximum absolute atomic E-state index is 12.2. The van der Waals surface area contributed by atoms with Crippen molar-refractivity contribution in [3.63, 3.8) is 0 Å². The average Bonchev–Trinajstić information content (AvgIpc) is 2.44. The number of nitrogens with two attached hydrogens (primary N) is 1. The molecule has 0 saturated carbocycles. The molecule has 1 aromatic rings. The first kappa shape index (κ1) is 16.5. The van der Waals surface area contributed by atoms with Crippen LogP contribution in [-0.4, -0.2) is 35.5 Å². The van der Waals surface area contributed by atoms with Gasteiger partial charge in [-0.3, -0.25) is 9.69 Å². The van der Waals surface area contributed by atoms with Gasteiger partial charge in [0.15, 0.2) is 0 Å². The van der Waals surface area contributed by atoms with Crippen LogP contribution in [0.1, 0.15) is 38.8 Å². The van der Waals surface area contributed by atoms with E-state index in [1.807, 2.05) is 26.0 Å². The SMILES string of the molecule is CCC(N)C(c1cccc(Br)c1)N1CCNC(=O)C1(C)C. The zero-order valence-corrected chi connectivity index (χ0v) is 14.5. The van der Waals surface area contributed by atoms with Crippen LogP contribution in [0.5, 0.6) is 0 Å². The van der Waals surface area contributed by atoms with Gasteiger partial charge >= 0.3 is 0 Å². The molecule has 1 saturated heterocycles. The highest BCUT2D eigenvalue weighted by molar-refractivity contribution is 9.10. The molecular formula is C16H24BrN3O. The second-order valence-electron chi connectivity index (χ2n) is 6.08. The van der Waals surface area contributed by atoms with E-state index < -0.39 is 5.54 Å². The summed E-state index contributed by atoms with van der Waals surface area (Å²) in [4.78, 5) is 14.5. The van der Waals surface area contributed by atoms with Crippen molar-refractivity contribution in [3.05, 3.63) is 34.3 Å². The molecule has 1 aliphatic heterocycles. The topological polar surface area (TPSA) is 58.4 Å². The lowest BCUT2D eigenvalue weighted by Crippen LogP contribution is -2.64. The van der Waals surface area contributed by atoms with Crippen molar-refractivity contribution in [2.75, 3.05) is 13.1 Å². The van der Waals surface area contributed by atoms with Crippen LogP contribution < -0.4 is 11.1 Å². The van der Waals surface area contributed by atoms with Gasteiger partial charge in [-0.05, 0) is 38.0 Å². The highest BCUT2D eigenvalue weighted by Crippen LogP contribution is 2.33. The number of benzene rings is 1. The summed E-state index contributed by atoms with van der Waals surface area (Å²) in [5.41, 5.74) is 7.00. The molecule has 4 nitrogen and oxygen atoms in total. The Morgan fingerprint density at radius 2 is 2.19 bits per heavy atom. The number of nitrogens with one attached hydrogen (secondary N) is 1. The van der Waals surface area contributed by atoms with Crippen LogP contribution in [0.3, 0.4) is 0 Å². The molecule has 0 radical (unpaired) electrons. The molecule has 5 heteroatoms. The summed E-state index contributed by atoms with van der Waals surface area (Å²) in [5.74, 6) is 0.0667. The fraction of sp³-hybridized carbons (Fsp3) is 0.562. The summed E-state index contributed by atoms with van der Waals surface area (Å²) in [7, 11) is 0. The van der Waals surface area contributed by atoms with Gasteiger partial charge in [0, 0.05) is 23.6 Å². The van der Waals surface area contributed by atoms with Crippen molar-refractivity contribution in [2.24, 2.45) is 5.73 Å². The maximum atomic E-state index is 12.2.